The van der Waals surface area contributed by atoms with Gasteiger partial charge in [-0.1, -0.05) is 0 Å². The van der Waals surface area contributed by atoms with Gasteiger partial charge < -0.3 is 9.72 Å². The van der Waals surface area contributed by atoms with Gasteiger partial charge in [-0.05, 0) is 34.9 Å². The first-order valence-corrected chi connectivity index (χ1v) is 6.51. The molecule has 110 valence electrons. The molecule has 3 rings (SSSR count). The van der Waals surface area contributed by atoms with Crippen LogP contribution in [0, 0.1) is 11.6 Å². The maximum Gasteiger partial charge on any atom is 0.354 e. The molecule has 1 aliphatic heterocycles. The average molecular weight is 292 g/mol. The van der Waals surface area contributed by atoms with Crippen molar-refractivity contribution in [1.82, 2.24) is 9.88 Å². The fourth-order valence-corrected chi connectivity index (χ4v) is 2.59. The average Bonchev–Trinajstić information content (AvgIpc) is 3.05. The summed E-state index contributed by atoms with van der Waals surface area (Å²) in [4.78, 5) is 16.3. The number of esters is 1. The number of carbonyl (C=O) groups is 1. The molecular formula is C15H14F2N2O2. The molecule has 0 radical (unpaired) electrons. The molecule has 0 fully saturated rings. The number of hydrogen-bond donors (Lipinski definition) is 1. The van der Waals surface area contributed by atoms with Gasteiger partial charge in [-0.15, -0.1) is 0 Å². The number of carbonyl (C=O) groups excluding carboxylic acids is 1. The predicted octanol–water partition coefficient (Wildman–Crippen LogP) is 2.60. The Labute approximate surface area is 120 Å². The molecule has 4 nitrogen and oxygen atoms in total. The van der Waals surface area contributed by atoms with Crippen LogP contribution in [0.1, 0.15) is 27.2 Å². The molecule has 0 aliphatic carbocycles. The van der Waals surface area contributed by atoms with E-state index in [0.717, 1.165) is 16.7 Å². The molecule has 0 unspecified atom stereocenters. The van der Waals surface area contributed by atoms with Crippen LogP contribution in [0.3, 0.4) is 0 Å². The van der Waals surface area contributed by atoms with Crippen LogP contribution in [0.4, 0.5) is 8.78 Å². The van der Waals surface area contributed by atoms with Crippen LogP contribution in [0.2, 0.25) is 0 Å². The minimum absolute atomic E-state index is 0.390. The van der Waals surface area contributed by atoms with E-state index in [1.165, 1.54) is 19.2 Å². The number of fused-ring (bicyclic) bond motifs is 1. The number of ether oxygens (including phenoxy) is 1. The number of halogens is 2. The summed E-state index contributed by atoms with van der Waals surface area (Å²) in [5, 5.41) is 0. The minimum Gasteiger partial charge on any atom is -0.464 e. The maximum atomic E-state index is 13.2. The fourth-order valence-electron chi connectivity index (χ4n) is 2.59. The van der Waals surface area contributed by atoms with E-state index in [9.17, 15) is 13.6 Å². The largest absolute Gasteiger partial charge is 0.464 e. The molecule has 2 aromatic rings. The van der Waals surface area contributed by atoms with Gasteiger partial charge >= 0.3 is 5.97 Å². The Morgan fingerprint density at radius 1 is 1.24 bits per heavy atom. The quantitative estimate of drug-likeness (QED) is 0.884. The van der Waals surface area contributed by atoms with E-state index in [-0.39, 0.29) is 0 Å². The lowest BCUT2D eigenvalue weighted by Gasteiger charge is -2.13. The molecule has 21 heavy (non-hydrogen) atoms. The Balaban J connectivity index is 1.71. The molecule has 1 N–H and O–H groups in total. The summed E-state index contributed by atoms with van der Waals surface area (Å²) < 4.78 is 31.0. The van der Waals surface area contributed by atoms with Crippen LogP contribution >= 0.6 is 0 Å². The van der Waals surface area contributed by atoms with Crippen molar-refractivity contribution in [1.29, 1.82) is 0 Å². The summed E-state index contributed by atoms with van der Waals surface area (Å²) in [6.45, 7) is 1.71. The molecule has 0 amide bonds. The van der Waals surface area contributed by atoms with Crippen LogP contribution in [0.25, 0.3) is 0 Å². The molecule has 0 saturated carbocycles. The molecule has 0 saturated heterocycles. The highest BCUT2D eigenvalue weighted by Gasteiger charge is 2.22. The van der Waals surface area contributed by atoms with Crippen molar-refractivity contribution in [2.75, 3.05) is 7.11 Å². The number of benzene rings is 1. The van der Waals surface area contributed by atoms with E-state index in [4.69, 9.17) is 0 Å². The minimum atomic E-state index is -0.815. The lowest BCUT2D eigenvalue weighted by atomic mass is 10.1. The van der Waals surface area contributed by atoms with E-state index in [1.54, 1.807) is 12.3 Å². The van der Waals surface area contributed by atoms with Crippen LogP contribution in [-0.4, -0.2) is 23.0 Å². The molecule has 2 heterocycles. The third-order valence-electron chi connectivity index (χ3n) is 3.58. The zero-order chi connectivity index (χ0) is 15.0. The standard InChI is InChI=1S/C15H14F2N2O2/c1-21-15(20)14-2-9(5-18-14)6-19-7-10-3-12(16)13(17)4-11(10)8-19/h2-5,18H,6-8H2,1H3. The van der Waals surface area contributed by atoms with Crippen molar-refractivity contribution in [3.8, 4) is 0 Å². The number of nitrogens with one attached hydrogen (secondary N) is 1. The van der Waals surface area contributed by atoms with E-state index >= 15 is 0 Å². The van der Waals surface area contributed by atoms with Crippen LogP contribution < -0.4 is 0 Å². The number of H-pyrrole nitrogens is 1. The second-order valence-corrected chi connectivity index (χ2v) is 5.09. The van der Waals surface area contributed by atoms with Gasteiger partial charge in [-0.25, -0.2) is 13.6 Å². The topological polar surface area (TPSA) is 45.3 Å². The Morgan fingerprint density at radius 3 is 2.43 bits per heavy atom. The van der Waals surface area contributed by atoms with E-state index in [2.05, 4.69) is 9.72 Å². The van der Waals surface area contributed by atoms with Gasteiger partial charge in [-0.3, -0.25) is 4.90 Å². The van der Waals surface area contributed by atoms with E-state index < -0.39 is 17.6 Å². The number of hydrogen-bond acceptors (Lipinski definition) is 3. The zero-order valence-corrected chi connectivity index (χ0v) is 11.5. The Hall–Kier alpha value is -2.21. The van der Waals surface area contributed by atoms with Gasteiger partial charge in [-0.2, -0.15) is 0 Å². The molecule has 6 heteroatoms. The molecule has 1 aromatic carbocycles. The number of methoxy groups -OCH3 is 1. The van der Waals surface area contributed by atoms with E-state index in [0.29, 0.717) is 25.3 Å². The van der Waals surface area contributed by atoms with Gasteiger partial charge in [0.25, 0.3) is 0 Å². The van der Waals surface area contributed by atoms with Crippen LogP contribution in [-0.2, 0) is 24.4 Å². The second-order valence-electron chi connectivity index (χ2n) is 5.09. The van der Waals surface area contributed by atoms with Crippen molar-refractivity contribution in [2.24, 2.45) is 0 Å². The number of aromatic nitrogens is 1. The smallest absolute Gasteiger partial charge is 0.354 e. The van der Waals surface area contributed by atoms with Gasteiger partial charge in [0.15, 0.2) is 11.6 Å². The Morgan fingerprint density at radius 2 is 1.86 bits per heavy atom. The van der Waals surface area contributed by atoms with Crippen molar-refractivity contribution < 1.29 is 18.3 Å². The summed E-state index contributed by atoms with van der Waals surface area (Å²) in [6, 6.07) is 4.22. The van der Waals surface area contributed by atoms with Crippen molar-refractivity contribution in [2.45, 2.75) is 19.6 Å². The highest BCUT2D eigenvalue weighted by molar-refractivity contribution is 5.87. The van der Waals surface area contributed by atoms with Gasteiger partial charge in [0.05, 0.1) is 7.11 Å². The summed E-state index contributed by atoms with van der Waals surface area (Å²) in [7, 11) is 1.32. The SMILES string of the molecule is COC(=O)c1cc(CN2Cc3cc(F)c(F)cc3C2)c[nH]1. The normalized spacial score (nSPS) is 14.2. The Kier molecular flexibility index (Phi) is 3.47. The monoisotopic (exact) mass is 292 g/mol. The van der Waals surface area contributed by atoms with Crippen LogP contribution in [0.15, 0.2) is 24.4 Å². The highest BCUT2D eigenvalue weighted by Crippen LogP contribution is 2.26. The number of aromatic amines is 1. The number of nitrogens with zero attached hydrogens (tertiary/aromatic N) is 1. The maximum absolute atomic E-state index is 13.2. The highest BCUT2D eigenvalue weighted by atomic mass is 19.2. The first kappa shape index (κ1) is 13.8. The zero-order valence-electron chi connectivity index (χ0n) is 11.5. The molecule has 1 aromatic heterocycles. The van der Waals surface area contributed by atoms with Crippen molar-refractivity contribution >= 4 is 5.97 Å². The molecule has 0 spiro atoms. The molecule has 1 aliphatic rings. The van der Waals surface area contributed by atoms with Crippen molar-refractivity contribution in [3.63, 3.8) is 0 Å². The first-order chi connectivity index (χ1) is 10.1. The lowest BCUT2D eigenvalue weighted by molar-refractivity contribution is 0.0594. The third kappa shape index (κ3) is 2.67. The number of rotatable bonds is 3. The lowest BCUT2D eigenvalue weighted by Crippen LogP contribution is -2.15. The molecule has 0 bridgehead atoms. The Bertz CT molecular complexity index is 666. The summed E-state index contributed by atoms with van der Waals surface area (Å²) >= 11 is 0. The second kappa shape index (κ2) is 5.29. The summed E-state index contributed by atoms with van der Waals surface area (Å²) in [6.07, 6.45) is 1.73. The molecular weight excluding hydrogens is 278 g/mol. The van der Waals surface area contributed by atoms with Crippen LogP contribution in [0.5, 0.6) is 0 Å². The van der Waals surface area contributed by atoms with E-state index in [1.807, 2.05) is 4.90 Å². The fraction of sp³-hybridized carbons (Fsp3) is 0.267. The van der Waals surface area contributed by atoms with Gasteiger partial charge in [0.1, 0.15) is 5.69 Å². The predicted molar refractivity (Wildman–Crippen MR) is 71.4 cm³/mol. The van der Waals surface area contributed by atoms with Gasteiger partial charge in [0, 0.05) is 25.8 Å². The summed E-state index contributed by atoms with van der Waals surface area (Å²) in [5.74, 6) is -2.05. The van der Waals surface area contributed by atoms with Crippen molar-refractivity contribution in [3.05, 3.63) is 58.4 Å². The first-order valence-electron chi connectivity index (χ1n) is 6.51. The van der Waals surface area contributed by atoms with Gasteiger partial charge in [0.2, 0.25) is 0 Å². The molecule has 0 atom stereocenters. The third-order valence-corrected chi connectivity index (χ3v) is 3.58. The summed E-state index contributed by atoms with van der Waals surface area (Å²) in [5.41, 5.74) is 2.92.